The predicted octanol–water partition coefficient (Wildman–Crippen LogP) is 2.20. The van der Waals surface area contributed by atoms with E-state index in [1.54, 1.807) is 11.9 Å². The third-order valence-corrected chi connectivity index (χ3v) is 6.13. The summed E-state index contributed by atoms with van der Waals surface area (Å²) in [5.74, 6) is -3.31. The molecular weight excluding hydrogens is 347 g/mol. The van der Waals surface area contributed by atoms with E-state index in [9.17, 15) is 18.0 Å². The normalized spacial score (nSPS) is 34.9. The van der Waals surface area contributed by atoms with Gasteiger partial charge in [-0.2, -0.15) is 0 Å². The molecule has 142 valence electrons. The summed E-state index contributed by atoms with van der Waals surface area (Å²) in [6, 6.07) is 1.46. The van der Waals surface area contributed by atoms with Crippen LogP contribution in [-0.2, 0) is 4.74 Å². The van der Waals surface area contributed by atoms with E-state index in [4.69, 9.17) is 10.5 Å². The van der Waals surface area contributed by atoms with Gasteiger partial charge in [-0.3, -0.25) is 4.90 Å². The molecule has 3 fully saturated rings. The second-order valence-electron chi connectivity index (χ2n) is 7.58. The fraction of sp³-hybridized carbons (Fsp3) is 0.611. The van der Waals surface area contributed by atoms with Crippen LogP contribution in [0.25, 0.3) is 0 Å². The van der Waals surface area contributed by atoms with Crippen LogP contribution < -0.4 is 5.73 Å². The minimum absolute atomic E-state index is 0.0556. The molecule has 0 unspecified atom stereocenters. The number of nitrogens with zero attached hydrogens (tertiary/aromatic N) is 2. The Kier molecular flexibility index (Phi) is 4.35. The van der Waals surface area contributed by atoms with Gasteiger partial charge in [0.1, 0.15) is 11.9 Å². The molecule has 1 aromatic rings. The minimum Gasteiger partial charge on any atom is -0.442 e. The molecule has 1 saturated carbocycles. The summed E-state index contributed by atoms with van der Waals surface area (Å²) in [5.41, 5.74) is 6.44. The largest absolute Gasteiger partial charge is 0.442 e. The number of likely N-dealkylation sites (tertiary alicyclic amines) is 1. The van der Waals surface area contributed by atoms with Gasteiger partial charge in [0.05, 0.1) is 6.04 Å². The Balaban J connectivity index is 1.43. The number of nitrogens with two attached hydrogens (primary N) is 1. The quantitative estimate of drug-likeness (QED) is 0.812. The number of amides is 1. The molecular formula is C18H22F3N3O2. The summed E-state index contributed by atoms with van der Waals surface area (Å²) in [6.07, 6.45) is 1.63. The SMILES string of the molecule is CN1C(=O)O[C@H]2CN([C@H]3CC[C@H](c4cc(F)c(F)cc4F)[C@@H](N)C3)C[C@H]21. The van der Waals surface area contributed by atoms with Gasteiger partial charge in [0, 0.05) is 44.2 Å². The Labute approximate surface area is 149 Å². The zero-order valence-corrected chi connectivity index (χ0v) is 14.5. The summed E-state index contributed by atoms with van der Waals surface area (Å²) in [7, 11) is 1.74. The monoisotopic (exact) mass is 369 g/mol. The third-order valence-electron chi connectivity index (χ3n) is 6.13. The van der Waals surface area contributed by atoms with Gasteiger partial charge in [-0.05, 0) is 30.9 Å². The van der Waals surface area contributed by atoms with E-state index in [0.717, 1.165) is 19.0 Å². The fourth-order valence-corrected chi connectivity index (χ4v) is 4.64. The standard InChI is InChI=1S/C18H22F3N3O2/c1-23-16-7-24(8-17(16)26-18(23)25)9-2-3-10(15(22)4-9)11-5-13(20)14(21)6-12(11)19/h5-6,9-10,15-17H,2-4,7-8,22H2,1H3/t9-,10+,15-,16+,17-/m0/s1. The summed E-state index contributed by atoms with van der Waals surface area (Å²) in [6.45, 7) is 1.40. The molecule has 2 aliphatic heterocycles. The van der Waals surface area contributed by atoms with Crippen molar-refractivity contribution in [2.24, 2.45) is 5.73 Å². The smallest absolute Gasteiger partial charge is 0.410 e. The van der Waals surface area contributed by atoms with E-state index >= 15 is 0 Å². The highest BCUT2D eigenvalue weighted by atomic mass is 19.2. The molecule has 0 aromatic heterocycles. The van der Waals surface area contributed by atoms with Gasteiger partial charge in [0.2, 0.25) is 0 Å². The summed E-state index contributed by atoms with van der Waals surface area (Å²) >= 11 is 0. The highest BCUT2D eigenvalue weighted by Crippen LogP contribution is 2.38. The molecule has 2 heterocycles. The van der Waals surface area contributed by atoms with Gasteiger partial charge >= 0.3 is 6.09 Å². The first-order valence-corrected chi connectivity index (χ1v) is 8.92. The number of ether oxygens (including phenoxy) is 1. The van der Waals surface area contributed by atoms with Crippen LogP contribution in [0.5, 0.6) is 0 Å². The van der Waals surface area contributed by atoms with Crippen molar-refractivity contribution in [3.63, 3.8) is 0 Å². The van der Waals surface area contributed by atoms with Crippen LogP contribution in [0.15, 0.2) is 12.1 Å². The number of hydrogen-bond donors (Lipinski definition) is 1. The van der Waals surface area contributed by atoms with Crippen molar-refractivity contribution in [1.82, 2.24) is 9.80 Å². The average Bonchev–Trinajstić information content (AvgIpc) is 3.11. The molecule has 3 aliphatic rings. The third kappa shape index (κ3) is 2.85. The molecule has 26 heavy (non-hydrogen) atoms. The molecule has 2 N–H and O–H groups in total. The Morgan fingerprint density at radius 1 is 1.12 bits per heavy atom. The second kappa shape index (κ2) is 6.42. The molecule has 1 aliphatic carbocycles. The van der Waals surface area contributed by atoms with E-state index < -0.39 is 17.5 Å². The lowest BCUT2D eigenvalue weighted by Gasteiger charge is -2.39. The van der Waals surface area contributed by atoms with E-state index in [0.29, 0.717) is 25.5 Å². The number of carbonyl (C=O) groups is 1. The van der Waals surface area contributed by atoms with E-state index in [1.807, 2.05) is 0 Å². The van der Waals surface area contributed by atoms with Crippen molar-refractivity contribution in [3.05, 3.63) is 35.1 Å². The average molecular weight is 369 g/mol. The first-order chi connectivity index (χ1) is 12.3. The van der Waals surface area contributed by atoms with E-state index in [2.05, 4.69) is 4.90 Å². The maximum Gasteiger partial charge on any atom is 0.410 e. The zero-order valence-electron chi connectivity index (χ0n) is 14.5. The molecule has 8 heteroatoms. The predicted molar refractivity (Wildman–Crippen MR) is 88.1 cm³/mol. The summed E-state index contributed by atoms with van der Waals surface area (Å²) in [4.78, 5) is 15.5. The van der Waals surface area contributed by atoms with Crippen molar-refractivity contribution < 1.29 is 22.7 Å². The Bertz CT molecular complexity index is 732. The Morgan fingerprint density at radius 3 is 2.54 bits per heavy atom. The van der Waals surface area contributed by atoms with Crippen LogP contribution in [0.1, 0.15) is 30.7 Å². The van der Waals surface area contributed by atoms with Crippen LogP contribution in [0.3, 0.4) is 0 Å². The van der Waals surface area contributed by atoms with Crippen molar-refractivity contribution in [3.8, 4) is 0 Å². The molecule has 4 rings (SSSR count). The van der Waals surface area contributed by atoms with Gasteiger partial charge in [0.25, 0.3) is 0 Å². The summed E-state index contributed by atoms with van der Waals surface area (Å²) in [5, 5.41) is 0. The van der Waals surface area contributed by atoms with Crippen LogP contribution in [0, 0.1) is 17.5 Å². The highest BCUT2D eigenvalue weighted by molar-refractivity contribution is 5.70. The van der Waals surface area contributed by atoms with Crippen LogP contribution in [0.2, 0.25) is 0 Å². The molecule has 1 amide bonds. The lowest BCUT2D eigenvalue weighted by Crippen LogP contribution is -2.46. The van der Waals surface area contributed by atoms with E-state index in [-0.39, 0.29) is 41.8 Å². The van der Waals surface area contributed by atoms with Crippen molar-refractivity contribution in [2.75, 3.05) is 20.1 Å². The second-order valence-corrected chi connectivity index (χ2v) is 7.58. The molecule has 0 bridgehead atoms. The number of benzene rings is 1. The van der Waals surface area contributed by atoms with Gasteiger partial charge < -0.3 is 15.4 Å². The first kappa shape index (κ1) is 17.6. The van der Waals surface area contributed by atoms with Crippen molar-refractivity contribution in [2.45, 2.75) is 49.4 Å². The van der Waals surface area contributed by atoms with Gasteiger partial charge in [0.15, 0.2) is 11.6 Å². The number of fused-ring (bicyclic) bond motifs is 1. The fourth-order valence-electron chi connectivity index (χ4n) is 4.64. The first-order valence-electron chi connectivity index (χ1n) is 8.92. The molecule has 5 nitrogen and oxygen atoms in total. The lowest BCUT2D eigenvalue weighted by atomic mass is 9.77. The number of carbonyl (C=O) groups excluding carboxylic acids is 1. The van der Waals surface area contributed by atoms with E-state index in [1.165, 1.54) is 0 Å². The van der Waals surface area contributed by atoms with Crippen molar-refractivity contribution in [1.29, 1.82) is 0 Å². The van der Waals surface area contributed by atoms with Gasteiger partial charge in [-0.25, -0.2) is 18.0 Å². The topological polar surface area (TPSA) is 58.8 Å². The number of likely N-dealkylation sites (N-methyl/N-ethyl adjacent to an activating group) is 1. The van der Waals surface area contributed by atoms with Crippen molar-refractivity contribution >= 4 is 6.09 Å². The van der Waals surface area contributed by atoms with Gasteiger partial charge in [-0.1, -0.05) is 0 Å². The molecule has 2 saturated heterocycles. The zero-order chi connectivity index (χ0) is 18.6. The Hall–Kier alpha value is -1.80. The van der Waals surface area contributed by atoms with Crippen LogP contribution >= 0.6 is 0 Å². The van der Waals surface area contributed by atoms with Gasteiger partial charge in [-0.15, -0.1) is 0 Å². The van der Waals surface area contributed by atoms with Crippen LogP contribution in [-0.4, -0.2) is 60.3 Å². The number of halogens is 3. The Morgan fingerprint density at radius 2 is 1.85 bits per heavy atom. The van der Waals surface area contributed by atoms with Crippen LogP contribution in [0.4, 0.5) is 18.0 Å². The molecule has 0 radical (unpaired) electrons. The summed E-state index contributed by atoms with van der Waals surface area (Å²) < 4.78 is 46.2. The maximum atomic E-state index is 14.1. The number of rotatable bonds is 2. The number of hydrogen-bond acceptors (Lipinski definition) is 4. The highest BCUT2D eigenvalue weighted by Gasteiger charge is 2.48. The molecule has 5 atom stereocenters. The lowest BCUT2D eigenvalue weighted by molar-refractivity contribution is 0.102. The minimum atomic E-state index is -1.18. The molecule has 0 spiro atoms. The molecule has 1 aromatic carbocycles. The maximum absolute atomic E-state index is 14.1.